The summed E-state index contributed by atoms with van der Waals surface area (Å²) in [5, 5.41) is 12.0. The Morgan fingerprint density at radius 3 is 2.82 bits per heavy atom. The Labute approximate surface area is 98.4 Å². The monoisotopic (exact) mass is 235 g/mol. The average molecular weight is 235 g/mol. The quantitative estimate of drug-likeness (QED) is 0.799. The molecule has 2 rings (SSSR count). The fraction of sp³-hybridized carbons (Fsp3) is 0.417. The van der Waals surface area contributed by atoms with Gasteiger partial charge in [0.25, 0.3) is 0 Å². The van der Waals surface area contributed by atoms with Crippen molar-refractivity contribution in [2.75, 3.05) is 0 Å². The van der Waals surface area contributed by atoms with Crippen molar-refractivity contribution in [2.24, 2.45) is 5.18 Å². The average Bonchev–Trinajstić information content (AvgIpc) is 2.26. The summed E-state index contributed by atoms with van der Waals surface area (Å²) in [7, 11) is 0. The topological polar surface area (TPSA) is 76.0 Å². The number of rotatable bonds is 2. The van der Waals surface area contributed by atoms with E-state index in [1.54, 1.807) is 6.07 Å². The molecule has 1 aromatic carbocycles. The predicted molar refractivity (Wildman–Crippen MR) is 61.3 cm³/mol. The van der Waals surface area contributed by atoms with E-state index in [9.17, 15) is 9.70 Å². The minimum Gasteiger partial charge on any atom is -0.487 e. The fourth-order valence-electron chi connectivity index (χ4n) is 2.04. The number of fused-ring (bicyclic) bond motifs is 1. The van der Waals surface area contributed by atoms with Gasteiger partial charge in [0.2, 0.25) is 0 Å². The number of carbonyl (C=O) groups is 1. The zero-order valence-electron chi connectivity index (χ0n) is 9.64. The Morgan fingerprint density at radius 1 is 1.53 bits per heavy atom. The van der Waals surface area contributed by atoms with Gasteiger partial charge < -0.3 is 9.84 Å². The van der Waals surface area contributed by atoms with Crippen molar-refractivity contribution in [3.8, 4) is 5.75 Å². The van der Waals surface area contributed by atoms with Gasteiger partial charge in [-0.2, -0.15) is 4.91 Å². The van der Waals surface area contributed by atoms with Gasteiger partial charge in [0.15, 0.2) is 0 Å². The zero-order valence-corrected chi connectivity index (χ0v) is 9.64. The van der Waals surface area contributed by atoms with Gasteiger partial charge >= 0.3 is 5.97 Å². The Hall–Kier alpha value is -1.91. The SMILES string of the molecule is CC1(C)CC(N=O)c2cc(C(=O)O)ccc2O1. The molecule has 0 saturated heterocycles. The Morgan fingerprint density at radius 2 is 2.24 bits per heavy atom. The Bertz CT molecular complexity index is 481. The molecule has 1 aromatic rings. The summed E-state index contributed by atoms with van der Waals surface area (Å²) in [5.41, 5.74) is 0.232. The highest BCUT2D eigenvalue weighted by atomic mass is 16.5. The lowest BCUT2D eigenvalue weighted by molar-refractivity contribution is 0.0690. The van der Waals surface area contributed by atoms with E-state index in [-0.39, 0.29) is 5.56 Å². The van der Waals surface area contributed by atoms with Gasteiger partial charge in [-0.1, -0.05) is 5.18 Å². The second-order valence-electron chi connectivity index (χ2n) is 4.74. The summed E-state index contributed by atoms with van der Waals surface area (Å²) in [6.07, 6.45) is 0.451. The maximum Gasteiger partial charge on any atom is 0.335 e. The van der Waals surface area contributed by atoms with E-state index in [1.165, 1.54) is 12.1 Å². The molecule has 17 heavy (non-hydrogen) atoms. The molecule has 1 unspecified atom stereocenters. The van der Waals surface area contributed by atoms with E-state index in [0.717, 1.165) is 0 Å². The van der Waals surface area contributed by atoms with Crippen LogP contribution in [0.5, 0.6) is 5.75 Å². The molecule has 0 amide bonds. The second kappa shape index (κ2) is 3.84. The zero-order chi connectivity index (χ0) is 12.6. The second-order valence-corrected chi connectivity index (χ2v) is 4.74. The molecule has 1 aliphatic rings. The molecular formula is C12H13NO4. The van der Waals surface area contributed by atoms with Crippen molar-refractivity contribution in [3.63, 3.8) is 0 Å². The first-order valence-corrected chi connectivity index (χ1v) is 5.32. The normalized spacial score (nSPS) is 21.2. The molecule has 1 N–H and O–H groups in total. The van der Waals surface area contributed by atoms with Gasteiger partial charge in [-0.15, -0.1) is 0 Å². The van der Waals surface area contributed by atoms with Crippen LogP contribution in [0.25, 0.3) is 0 Å². The molecule has 1 atom stereocenters. The van der Waals surface area contributed by atoms with Gasteiger partial charge in [0.1, 0.15) is 17.4 Å². The number of ether oxygens (including phenoxy) is 1. The number of nitroso groups, excluding NO2 is 1. The van der Waals surface area contributed by atoms with Crippen LogP contribution >= 0.6 is 0 Å². The van der Waals surface area contributed by atoms with E-state index in [0.29, 0.717) is 17.7 Å². The van der Waals surface area contributed by atoms with Crippen LogP contribution in [0.1, 0.15) is 42.2 Å². The lowest BCUT2D eigenvalue weighted by Gasteiger charge is -2.34. The van der Waals surface area contributed by atoms with Gasteiger partial charge in [0, 0.05) is 12.0 Å². The molecule has 1 aliphatic heterocycles. The highest BCUT2D eigenvalue weighted by Crippen LogP contribution is 2.41. The van der Waals surface area contributed by atoms with E-state index in [2.05, 4.69) is 5.18 Å². The van der Waals surface area contributed by atoms with Crippen LogP contribution in [0.2, 0.25) is 0 Å². The predicted octanol–water partition coefficient (Wildman–Crippen LogP) is 2.75. The largest absolute Gasteiger partial charge is 0.487 e. The smallest absolute Gasteiger partial charge is 0.335 e. The highest BCUT2D eigenvalue weighted by molar-refractivity contribution is 5.88. The summed E-state index contributed by atoms with van der Waals surface area (Å²) >= 11 is 0. The molecule has 0 saturated carbocycles. The highest BCUT2D eigenvalue weighted by Gasteiger charge is 2.34. The summed E-state index contributed by atoms with van der Waals surface area (Å²) in [5.74, 6) is -0.488. The summed E-state index contributed by atoms with van der Waals surface area (Å²) in [4.78, 5) is 21.7. The standard InChI is InChI=1S/C12H13NO4/c1-12(2)6-9(13-16)8-5-7(11(14)15)3-4-10(8)17-12/h3-5,9H,6H2,1-2H3,(H,14,15). The van der Waals surface area contributed by atoms with Crippen LogP contribution in [0.3, 0.4) is 0 Å². The molecule has 5 heteroatoms. The number of carboxylic acid groups (broad SMARTS) is 1. The van der Waals surface area contributed by atoms with Crippen LogP contribution in [-0.2, 0) is 0 Å². The summed E-state index contributed by atoms with van der Waals surface area (Å²) < 4.78 is 5.69. The third kappa shape index (κ3) is 2.13. The van der Waals surface area contributed by atoms with E-state index < -0.39 is 17.6 Å². The van der Waals surface area contributed by atoms with Gasteiger partial charge in [-0.05, 0) is 32.0 Å². The minimum absolute atomic E-state index is 0.140. The lowest BCUT2D eigenvalue weighted by atomic mass is 9.89. The van der Waals surface area contributed by atoms with Gasteiger partial charge in [-0.25, -0.2) is 4.79 Å². The third-order valence-electron chi connectivity index (χ3n) is 2.81. The molecule has 0 spiro atoms. The van der Waals surface area contributed by atoms with Crippen molar-refractivity contribution in [3.05, 3.63) is 34.2 Å². The first kappa shape index (κ1) is 11.6. The van der Waals surface area contributed by atoms with Gasteiger partial charge in [0.05, 0.1) is 5.56 Å². The number of benzene rings is 1. The number of aromatic carboxylic acids is 1. The summed E-state index contributed by atoms with van der Waals surface area (Å²) in [6.45, 7) is 3.75. The minimum atomic E-state index is -1.03. The maximum absolute atomic E-state index is 10.9. The van der Waals surface area contributed by atoms with E-state index in [4.69, 9.17) is 9.84 Å². The molecule has 0 bridgehead atoms. The van der Waals surface area contributed by atoms with Crippen LogP contribution in [0.4, 0.5) is 0 Å². The Kier molecular flexibility index (Phi) is 2.61. The van der Waals surface area contributed by atoms with Crippen LogP contribution in [0.15, 0.2) is 23.4 Å². The first-order valence-electron chi connectivity index (χ1n) is 5.32. The number of hydrogen-bond donors (Lipinski definition) is 1. The van der Waals surface area contributed by atoms with E-state index >= 15 is 0 Å². The first-order chi connectivity index (χ1) is 7.93. The number of carboxylic acids is 1. The number of nitrogens with zero attached hydrogens (tertiary/aromatic N) is 1. The molecule has 0 fully saturated rings. The van der Waals surface area contributed by atoms with Crippen LogP contribution < -0.4 is 4.74 Å². The van der Waals surface area contributed by atoms with Crippen molar-refractivity contribution in [2.45, 2.75) is 31.9 Å². The van der Waals surface area contributed by atoms with Crippen LogP contribution in [0, 0.1) is 4.91 Å². The van der Waals surface area contributed by atoms with Crippen molar-refractivity contribution in [1.29, 1.82) is 0 Å². The van der Waals surface area contributed by atoms with Gasteiger partial charge in [-0.3, -0.25) is 0 Å². The molecule has 1 heterocycles. The van der Waals surface area contributed by atoms with Crippen molar-refractivity contribution >= 4 is 5.97 Å². The maximum atomic E-state index is 10.9. The Balaban J connectivity index is 2.50. The van der Waals surface area contributed by atoms with Crippen molar-refractivity contribution in [1.82, 2.24) is 0 Å². The molecule has 90 valence electrons. The lowest BCUT2D eigenvalue weighted by Crippen LogP contribution is -2.34. The van der Waals surface area contributed by atoms with Crippen molar-refractivity contribution < 1.29 is 14.6 Å². The summed E-state index contributed by atoms with van der Waals surface area (Å²) in [6, 6.07) is 3.95. The molecule has 0 aliphatic carbocycles. The molecule has 0 radical (unpaired) electrons. The van der Waals surface area contributed by atoms with Crippen LogP contribution in [-0.4, -0.2) is 16.7 Å². The molecule has 5 nitrogen and oxygen atoms in total. The van der Waals surface area contributed by atoms with E-state index in [1.807, 2.05) is 13.8 Å². The molecular weight excluding hydrogens is 222 g/mol. The number of hydrogen-bond acceptors (Lipinski definition) is 4. The fourth-order valence-corrected chi connectivity index (χ4v) is 2.04. The molecule has 0 aromatic heterocycles. The third-order valence-corrected chi connectivity index (χ3v) is 2.81.